The van der Waals surface area contributed by atoms with Crippen molar-refractivity contribution in [2.45, 2.75) is 46.8 Å². The Morgan fingerprint density at radius 3 is 2.50 bits per heavy atom. The van der Waals surface area contributed by atoms with Crippen LogP contribution in [0.1, 0.15) is 39.0 Å². The van der Waals surface area contributed by atoms with Crippen LogP contribution in [0.4, 0.5) is 0 Å². The maximum Gasteiger partial charge on any atom is 0.121 e. The van der Waals surface area contributed by atoms with Gasteiger partial charge in [0.15, 0.2) is 0 Å². The first-order chi connectivity index (χ1) is 7.54. The van der Waals surface area contributed by atoms with Crippen LogP contribution in [0.25, 0.3) is 0 Å². The van der Waals surface area contributed by atoms with Crippen molar-refractivity contribution in [1.29, 1.82) is 0 Å². The van der Waals surface area contributed by atoms with Crippen LogP contribution in [-0.4, -0.2) is 17.5 Å². The highest BCUT2D eigenvalue weighted by atomic mass is 16.3. The zero-order chi connectivity index (χ0) is 12.1. The van der Waals surface area contributed by atoms with Gasteiger partial charge in [0.05, 0.1) is 12.8 Å². The Morgan fingerprint density at radius 1 is 1.31 bits per heavy atom. The molecule has 3 heteroatoms. The largest absolute Gasteiger partial charge is 0.468 e. The van der Waals surface area contributed by atoms with Gasteiger partial charge in [0.25, 0.3) is 0 Å². The summed E-state index contributed by atoms with van der Waals surface area (Å²) in [5.74, 6) is 1.59. The van der Waals surface area contributed by atoms with Crippen molar-refractivity contribution >= 4 is 0 Å². The standard InChI is InChI=1S/C13H24N2O/c1-10(2)8-15(11(3)4)9-12-5-6-16-13(12)7-14/h5-6,10-11H,7-9,14H2,1-4H3. The molecule has 1 aromatic rings. The Morgan fingerprint density at radius 2 is 2.00 bits per heavy atom. The van der Waals surface area contributed by atoms with E-state index in [-0.39, 0.29) is 0 Å². The van der Waals surface area contributed by atoms with E-state index in [0.29, 0.717) is 18.5 Å². The summed E-state index contributed by atoms with van der Waals surface area (Å²) in [4.78, 5) is 2.45. The molecule has 3 nitrogen and oxygen atoms in total. The van der Waals surface area contributed by atoms with Crippen LogP contribution in [0.5, 0.6) is 0 Å². The lowest BCUT2D eigenvalue weighted by atomic mass is 10.1. The molecule has 2 N–H and O–H groups in total. The summed E-state index contributed by atoms with van der Waals surface area (Å²) < 4.78 is 5.35. The van der Waals surface area contributed by atoms with E-state index in [9.17, 15) is 0 Å². The molecule has 1 aromatic heterocycles. The fourth-order valence-corrected chi connectivity index (χ4v) is 1.83. The minimum absolute atomic E-state index is 0.482. The topological polar surface area (TPSA) is 42.4 Å². The van der Waals surface area contributed by atoms with Gasteiger partial charge >= 0.3 is 0 Å². The number of hydrogen-bond acceptors (Lipinski definition) is 3. The van der Waals surface area contributed by atoms with Gasteiger partial charge in [-0.2, -0.15) is 0 Å². The maximum atomic E-state index is 5.64. The highest BCUT2D eigenvalue weighted by molar-refractivity contribution is 5.16. The Hall–Kier alpha value is -0.800. The molecule has 0 fully saturated rings. The zero-order valence-electron chi connectivity index (χ0n) is 10.9. The molecule has 0 saturated heterocycles. The fraction of sp³-hybridized carbons (Fsp3) is 0.692. The first-order valence-electron chi connectivity index (χ1n) is 6.04. The molecule has 0 aliphatic heterocycles. The molecule has 0 radical (unpaired) electrons. The smallest absolute Gasteiger partial charge is 0.121 e. The van der Waals surface area contributed by atoms with Crippen LogP contribution in [-0.2, 0) is 13.1 Å². The molecule has 1 rings (SSSR count). The van der Waals surface area contributed by atoms with Crippen molar-refractivity contribution in [3.63, 3.8) is 0 Å². The number of nitrogens with two attached hydrogens (primary N) is 1. The van der Waals surface area contributed by atoms with Gasteiger partial charge in [-0.05, 0) is 25.8 Å². The van der Waals surface area contributed by atoms with Crippen molar-refractivity contribution in [3.05, 3.63) is 23.7 Å². The van der Waals surface area contributed by atoms with Crippen LogP contribution in [0, 0.1) is 5.92 Å². The monoisotopic (exact) mass is 224 g/mol. The van der Waals surface area contributed by atoms with E-state index in [4.69, 9.17) is 10.2 Å². The van der Waals surface area contributed by atoms with Gasteiger partial charge in [-0.1, -0.05) is 13.8 Å². The number of nitrogens with zero attached hydrogens (tertiary/aromatic N) is 1. The Bertz CT molecular complexity index is 305. The van der Waals surface area contributed by atoms with Gasteiger partial charge in [-0.25, -0.2) is 0 Å². The maximum absolute atomic E-state index is 5.64. The van der Waals surface area contributed by atoms with Crippen molar-refractivity contribution in [1.82, 2.24) is 4.90 Å². The molecule has 0 aliphatic rings. The molecule has 0 aromatic carbocycles. The van der Waals surface area contributed by atoms with Crippen LogP contribution in [0.2, 0.25) is 0 Å². The summed E-state index contributed by atoms with van der Waals surface area (Å²) in [6, 6.07) is 2.57. The normalized spacial score (nSPS) is 12.0. The van der Waals surface area contributed by atoms with E-state index < -0.39 is 0 Å². The fourth-order valence-electron chi connectivity index (χ4n) is 1.83. The summed E-state index contributed by atoms with van der Waals surface area (Å²) in [7, 11) is 0. The van der Waals surface area contributed by atoms with Gasteiger partial charge in [0.1, 0.15) is 5.76 Å². The second-order valence-electron chi connectivity index (χ2n) is 4.99. The van der Waals surface area contributed by atoms with Crippen molar-refractivity contribution in [2.24, 2.45) is 11.7 Å². The molecule has 0 saturated carbocycles. The van der Waals surface area contributed by atoms with Gasteiger partial charge in [0, 0.05) is 24.7 Å². The van der Waals surface area contributed by atoms with Gasteiger partial charge < -0.3 is 10.2 Å². The van der Waals surface area contributed by atoms with E-state index in [0.717, 1.165) is 18.8 Å². The average Bonchev–Trinajstić information content (AvgIpc) is 2.63. The molecule has 0 unspecified atom stereocenters. The van der Waals surface area contributed by atoms with E-state index in [1.165, 1.54) is 5.56 Å². The van der Waals surface area contributed by atoms with Gasteiger partial charge in [0.2, 0.25) is 0 Å². The second-order valence-corrected chi connectivity index (χ2v) is 4.99. The lowest BCUT2D eigenvalue weighted by Crippen LogP contribution is -2.33. The Balaban J connectivity index is 2.67. The molecule has 16 heavy (non-hydrogen) atoms. The summed E-state index contributed by atoms with van der Waals surface area (Å²) in [5.41, 5.74) is 6.86. The van der Waals surface area contributed by atoms with Crippen molar-refractivity contribution in [3.8, 4) is 0 Å². The van der Waals surface area contributed by atoms with Gasteiger partial charge in [-0.3, -0.25) is 4.90 Å². The zero-order valence-corrected chi connectivity index (χ0v) is 10.9. The molecule has 0 bridgehead atoms. The summed E-state index contributed by atoms with van der Waals surface area (Å²) >= 11 is 0. The van der Waals surface area contributed by atoms with E-state index >= 15 is 0 Å². The molecule has 1 heterocycles. The van der Waals surface area contributed by atoms with E-state index in [2.05, 4.69) is 32.6 Å². The van der Waals surface area contributed by atoms with Gasteiger partial charge in [-0.15, -0.1) is 0 Å². The number of rotatable bonds is 6. The van der Waals surface area contributed by atoms with E-state index in [1.54, 1.807) is 6.26 Å². The molecule has 0 atom stereocenters. The first kappa shape index (κ1) is 13.3. The summed E-state index contributed by atoms with van der Waals surface area (Å²) in [6.45, 7) is 11.5. The molecule has 0 aliphatic carbocycles. The minimum atomic E-state index is 0.482. The molecular formula is C13H24N2O. The minimum Gasteiger partial charge on any atom is -0.468 e. The number of furan rings is 1. The highest BCUT2D eigenvalue weighted by Crippen LogP contribution is 2.15. The predicted octanol–water partition coefficient (Wildman–Crippen LogP) is 2.60. The Labute approximate surface area is 98.6 Å². The lowest BCUT2D eigenvalue weighted by molar-refractivity contribution is 0.188. The molecule has 0 spiro atoms. The second kappa shape index (κ2) is 6.06. The Kier molecular flexibility index (Phi) is 5.03. The molecular weight excluding hydrogens is 200 g/mol. The third-order valence-corrected chi connectivity index (χ3v) is 2.73. The number of hydrogen-bond donors (Lipinski definition) is 1. The van der Waals surface area contributed by atoms with Crippen LogP contribution in [0.15, 0.2) is 16.7 Å². The highest BCUT2D eigenvalue weighted by Gasteiger charge is 2.14. The van der Waals surface area contributed by atoms with Crippen LogP contribution >= 0.6 is 0 Å². The van der Waals surface area contributed by atoms with Crippen LogP contribution < -0.4 is 5.73 Å². The molecule has 0 amide bonds. The SMILES string of the molecule is CC(C)CN(Cc1ccoc1CN)C(C)C. The van der Waals surface area contributed by atoms with Crippen LogP contribution in [0.3, 0.4) is 0 Å². The average molecular weight is 224 g/mol. The van der Waals surface area contributed by atoms with Crippen molar-refractivity contribution < 1.29 is 4.42 Å². The third-order valence-electron chi connectivity index (χ3n) is 2.73. The third kappa shape index (κ3) is 3.65. The predicted molar refractivity (Wildman–Crippen MR) is 67.0 cm³/mol. The first-order valence-corrected chi connectivity index (χ1v) is 6.04. The summed E-state index contributed by atoms with van der Waals surface area (Å²) in [6.07, 6.45) is 1.73. The molecule has 92 valence electrons. The van der Waals surface area contributed by atoms with E-state index in [1.807, 2.05) is 6.07 Å². The quantitative estimate of drug-likeness (QED) is 0.807. The summed E-state index contributed by atoms with van der Waals surface area (Å²) in [5, 5.41) is 0. The lowest BCUT2D eigenvalue weighted by Gasteiger charge is -2.28. The van der Waals surface area contributed by atoms with Crippen molar-refractivity contribution in [2.75, 3.05) is 6.54 Å².